The van der Waals surface area contributed by atoms with Gasteiger partial charge in [0.15, 0.2) is 17.3 Å². The second-order valence-corrected chi connectivity index (χ2v) is 7.19. The number of aromatic hydroxyl groups is 1. The van der Waals surface area contributed by atoms with E-state index in [9.17, 15) is 5.11 Å². The largest absolute Gasteiger partial charge is 0.507 e. The molecule has 5 rings (SSSR count). The van der Waals surface area contributed by atoms with Crippen molar-refractivity contribution in [2.24, 2.45) is 5.92 Å². The first kappa shape index (κ1) is 15.6. The van der Waals surface area contributed by atoms with Gasteiger partial charge in [0.2, 0.25) is 0 Å². The summed E-state index contributed by atoms with van der Waals surface area (Å²) in [6.45, 7) is 4.68. The predicted octanol–water partition coefficient (Wildman–Crippen LogP) is 2.49. The Balaban J connectivity index is 1.41. The highest BCUT2D eigenvalue weighted by molar-refractivity contribution is 5.83. The molecule has 7 nitrogen and oxygen atoms in total. The molecular weight excluding hydrogens is 330 g/mol. The first-order valence-corrected chi connectivity index (χ1v) is 9.10. The fourth-order valence-electron chi connectivity index (χ4n) is 3.72. The van der Waals surface area contributed by atoms with Gasteiger partial charge in [0, 0.05) is 44.2 Å². The standard InChI is InChI=1S/C19H21N5O2/c1-11-21-15-9-17(25)13(8-18(15)26-11)14-4-5-19(23-22-14)24-7-6-20-16(10-24)12-2-3-12/h4-5,8-9,12,16,20,25H,2-3,6-7,10H2,1H3. The number of aromatic nitrogens is 3. The predicted molar refractivity (Wildman–Crippen MR) is 98.2 cm³/mol. The molecule has 1 aromatic carbocycles. The number of hydrogen-bond acceptors (Lipinski definition) is 7. The summed E-state index contributed by atoms with van der Waals surface area (Å²) in [7, 11) is 0. The molecule has 0 bridgehead atoms. The molecule has 2 N–H and O–H groups in total. The normalized spacial score (nSPS) is 20.7. The average Bonchev–Trinajstić information content (AvgIpc) is 3.44. The number of phenols is 1. The quantitative estimate of drug-likeness (QED) is 0.749. The number of benzene rings is 1. The third kappa shape index (κ3) is 2.78. The smallest absolute Gasteiger partial charge is 0.192 e. The van der Waals surface area contributed by atoms with Gasteiger partial charge in [0.05, 0.1) is 5.69 Å². The van der Waals surface area contributed by atoms with Crippen LogP contribution in [0.4, 0.5) is 5.82 Å². The second-order valence-electron chi connectivity index (χ2n) is 7.19. The number of hydrogen-bond donors (Lipinski definition) is 2. The van der Waals surface area contributed by atoms with E-state index < -0.39 is 0 Å². The lowest BCUT2D eigenvalue weighted by molar-refractivity contribution is 0.416. The summed E-state index contributed by atoms with van der Waals surface area (Å²) in [5, 5.41) is 22.7. The molecule has 1 aliphatic heterocycles. The highest BCUT2D eigenvalue weighted by atomic mass is 16.3. The third-order valence-electron chi connectivity index (χ3n) is 5.26. The van der Waals surface area contributed by atoms with E-state index in [1.807, 2.05) is 12.1 Å². The topological polar surface area (TPSA) is 87.3 Å². The van der Waals surface area contributed by atoms with Crippen LogP contribution in [0.1, 0.15) is 18.7 Å². The van der Waals surface area contributed by atoms with Crippen molar-refractivity contribution >= 4 is 16.9 Å². The van der Waals surface area contributed by atoms with Crippen LogP contribution in [0.5, 0.6) is 5.75 Å². The Morgan fingerprint density at radius 1 is 1.23 bits per heavy atom. The van der Waals surface area contributed by atoms with Crippen molar-refractivity contribution in [1.82, 2.24) is 20.5 Å². The van der Waals surface area contributed by atoms with Crippen LogP contribution in [-0.4, -0.2) is 46.0 Å². The van der Waals surface area contributed by atoms with Crippen molar-refractivity contribution in [1.29, 1.82) is 0 Å². The summed E-state index contributed by atoms with van der Waals surface area (Å²) >= 11 is 0. The summed E-state index contributed by atoms with van der Waals surface area (Å²) in [5.41, 5.74) is 2.50. The first-order valence-electron chi connectivity index (χ1n) is 9.10. The number of anilines is 1. The minimum atomic E-state index is 0.129. The SMILES string of the molecule is Cc1nc2cc(O)c(-c3ccc(N4CCNC(C5CC5)C4)nn3)cc2o1. The zero-order chi connectivity index (χ0) is 17.7. The molecular formula is C19H21N5O2. The Labute approximate surface area is 151 Å². The number of aryl methyl sites for hydroxylation is 1. The summed E-state index contributed by atoms with van der Waals surface area (Å²) in [6.07, 6.45) is 2.66. The number of oxazole rings is 1. The molecule has 1 unspecified atom stereocenters. The van der Waals surface area contributed by atoms with Crippen LogP contribution in [0.25, 0.3) is 22.4 Å². The van der Waals surface area contributed by atoms with Gasteiger partial charge in [-0.15, -0.1) is 10.2 Å². The summed E-state index contributed by atoms with van der Waals surface area (Å²) < 4.78 is 5.56. The molecule has 3 heterocycles. The van der Waals surface area contributed by atoms with E-state index >= 15 is 0 Å². The molecule has 2 fully saturated rings. The molecule has 7 heteroatoms. The van der Waals surface area contributed by atoms with Crippen molar-refractivity contribution in [2.45, 2.75) is 25.8 Å². The van der Waals surface area contributed by atoms with E-state index in [1.54, 1.807) is 19.1 Å². The lowest BCUT2D eigenvalue weighted by Gasteiger charge is -2.34. The lowest BCUT2D eigenvalue weighted by Crippen LogP contribution is -2.52. The summed E-state index contributed by atoms with van der Waals surface area (Å²) in [5.74, 6) is 2.40. The number of fused-ring (bicyclic) bond motifs is 1. The van der Waals surface area contributed by atoms with E-state index in [2.05, 4.69) is 25.4 Å². The molecule has 1 saturated heterocycles. The third-order valence-corrected chi connectivity index (χ3v) is 5.26. The maximum Gasteiger partial charge on any atom is 0.192 e. The molecule has 1 atom stereocenters. The average molecular weight is 351 g/mol. The molecule has 2 aromatic heterocycles. The molecule has 0 radical (unpaired) electrons. The molecule has 0 amide bonds. The van der Waals surface area contributed by atoms with Gasteiger partial charge in [0.25, 0.3) is 0 Å². The maximum atomic E-state index is 10.3. The molecule has 2 aliphatic rings. The lowest BCUT2D eigenvalue weighted by atomic mass is 10.1. The van der Waals surface area contributed by atoms with Crippen molar-refractivity contribution in [2.75, 3.05) is 24.5 Å². The molecule has 1 aliphatic carbocycles. The van der Waals surface area contributed by atoms with E-state index in [0.717, 1.165) is 31.4 Å². The molecule has 1 saturated carbocycles. The zero-order valence-corrected chi connectivity index (χ0v) is 14.6. The van der Waals surface area contributed by atoms with Crippen LogP contribution >= 0.6 is 0 Å². The van der Waals surface area contributed by atoms with Crippen LogP contribution < -0.4 is 10.2 Å². The number of piperazine rings is 1. The van der Waals surface area contributed by atoms with Gasteiger partial charge in [-0.3, -0.25) is 0 Å². The Morgan fingerprint density at radius 3 is 2.88 bits per heavy atom. The van der Waals surface area contributed by atoms with E-state index in [-0.39, 0.29) is 5.75 Å². The van der Waals surface area contributed by atoms with E-state index in [4.69, 9.17) is 4.42 Å². The second kappa shape index (κ2) is 5.95. The summed E-state index contributed by atoms with van der Waals surface area (Å²) in [4.78, 5) is 6.53. The van der Waals surface area contributed by atoms with Gasteiger partial charge in [-0.25, -0.2) is 4.98 Å². The van der Waals surface area contributed by atoms with Gasteiger partial charge >= 0.3 is 0 Å². The number of nitrogens with one attached hydrogen (secondary N) is 1. The van der Waals surface area contributed by atoms with Crippen molar-refractivity contribution in [3.05, 3.63) is 30.2 Å². The number of nitrogens with zero attached hydrogens (tertiary/aromatic N) is 4. The Kier molecular flexibility index (Phi) is 3.56. The van der Waals surface area contributed by atoms with Crippen LogP contribution in [0, 0.1) is 12.8 Å². The Hall–Kier alpha value is -2.67. The zero-order valence-electron chi connectivity index (χ0n) is 14.6. The fraction of sp³-hybridized carbons (Fsp3) is 0.421. The molecule has 0 spiro atoms. The molecule has 3 aromatic rings. The Bertz CT molecular complexity index is 948. The highest BCUT2D eigenvalue weighted by Crippen LogP contribution is 2.35. The van der Waals surface area contributed by atoms with Crippen LogP contribution in [0.15, 0.2) is 28.7 Å². The van der Waals surface area contributed by atoms with Crippen LogP contribution in [0.2, 0.25) is 0 Å². The van der Waals surface area contributed by atoms with Gasteiger partial charge in [-0.1, -0.05) is 0 Å². The van der Waals surface area contributed by atoms with Crippen molar-refractivity contribution in [3.63, 3.8) is 0 Å². The van der Waals surface area contributed by atoms with Gasteiger partial charge in [-0.2, -0.15) is 0 Å². The number of rotatable bonds is 3. The van der Waals surface area contributed by atoms with Gasteiger partial charge < -0.3 is 19.7 Å². The van der Waals surface area contributed by atoms with Gasteiger partial charge in [-0.05, 0) is 37.0 Å². The minimum absolute atomic E-state index is 0.129. The van der Waals surface area contributed by atoms with Crippen molar-refractivity contribution < 1.29 is 9.52 Å². The molecule has 26 heavy (non-hydrogen) atoms. The van der Waals surface area contributed by atoms with E-state index in [0.29, 0.717) is 34.3 Å². The Morgan fingerprint density at radius 2 is 2.12 bits per heavy atom. The summed E-state index contributed by atoms with van der Waals surface area (Å²) in [6, 6.07) is 7.81. The highest BCUT2D eigenvalue weighted by Gasteiger charge is 2.34. The van der Waals surface area contributed by atoms with Crippen LogP contribution in [0.3, 0.4) is 0 Å². The fourth-order valence-corrected chi connectivity index (χ4v) is 3.72. The molecule has 134 valence electrons. The van der Waals surface area contributed by atoms with Crippen LogP contribution in [-0.2, 0) is 0 Å². The maximum absolute atomic E-state index is 10.3. The minimum Gasteiger partial charge on any atom is -0.507 e. The first-order chi connectivity index (χ1) is 12.7. The van der Waals surface area contributed by atoms with Crippen molar-refractivity contribution in [3.8, 4) is 17.0 Å². The van der Waals surface area contributed by atoms with Gasteiger partial charge in [0.1, 0.15) is 11.3 Å². The number of phenolic OH excluding ortho intramolecular Hbond substituents is 1. The monoisotopic (exact) mass is 351 g/mol. The van der Waals surface area contributed by atoms with E-state index in [1.165, 1.54) is 12.8 Å².